The number of thiol groups is 1. The Kier molecular flexibility index (Phi) is 19.5. The molecule has 0 bridgehead atoms. The van der Waals surface area contributed by atoms with Gasteiger partial charge in [0, 0.05) is 101 Å². The van der Waals surface area contributed by atoms with Gasteiger partial charge in [0.05, 0.1) is 12.6 Å². The minimum atomic E-state index is -0.766. The van der Waals surface area contributed by atoms with E-state index < -0.39 is 16.6 Å². The van der Waals surface area contributed by atoms with Crippen LogP contribution in [0.3, 0.4) is 0 Å². The van der Waals surface area contributed by atoms with E-state index in [9.17, 15) is 13.2 Å². The number of aliphatic imine (C=N–C) groups is 1. The summed E-state index contributed by atoms with van der Waals surface area (Å²) in [6.45, 7) is 10.1. The summed E-state index contributed by atoms with van der Waals surface area (Å²) in [5.74, 6) is 0.981. The summed E-state index contributed by atoms with van der Waals surface area (Å²) in [7, 11) is 1.67. The lowest BCUT2D eigenvalue weighted by Gasteiger charge is -2.45. The highest BCUT2D eigenvalue weighted by atomic mass is 79.9. The molecule has 0 aromatic heterocycles. The van der Waals surface area contributed by atoms with Crippen LogP contribution in [0.1, 0.15) is 101 Å². The van der Waals surface area contributed by atoms with Gasteiger partial charge in [-0.3, -0.25) is 4.99 Å². The molecule has 3 saturated heterocycles. The summed E-state index contributed by atoms with van der Waals surface area (Å²) in [6, 6.07) is 23.0. The lowest BCUT2D eigenvalue weighted by atomic mass is 9.79. The van der Waals surface area contributed by atoms with E-state index in [0.717, 1.165) is 83.1 Å². The number of ether oxygens (including phenoxy) is 4. The van der Waals surface area contributed by atoms with Crippen LogP contribution in [0.25, 0.3) is 0 Å². The molecule has 0 saturated carbocycles. The topological polar surface area (TPSA) is 127 Å². The van der Waals surface area contributed by atoms with Crippen molar-refractivity contribution in [1.29, 1.82) is 0 Å². The summed E-state index contributed by atoms with van der Waals surface area (Å²) >= 11 is 18.5. The smallest absolute Gasteiger partial charge is 0.155 e. The fraction of sp³-hybridized carbons (Fsp3) is 0.510. The van der Waals surface area contributed by atoms with Crippen molar-refractivity contribution < 1.29 is 32.1 Å². The molecule has 3 fully saturated rings. The Morgan fingerprint density at radius 3 is 1.71 bits per heavy atom. The molecule has 6 N–H and O–H groups in total. The van der Waals surface area contributed by atoms with Gasteiger partial charge in [0.1, 0.15) is 23.2 Å². The molecule has 8 rings (SSSR count). The van der Waals surface area contributed by atoms with Crippen LogP contribution in [0.15, 0.2) is 97.3 Å². The minimum absolute atomic E-state index is 0.00753. The van der Waals surface area contributed by atoms with E-state index in [-0.39, 0.29) is 31.7 Å². The van der Waals surface area contributed by atoms with Crippen LogP contribution in [0.4, 0.5) is 13.2 Å². The Hall–Kier alpha value is -1.77. The molecule has 4 aromatic carbocycles. The van der Waals surface area contributed by atoms with Crippen molar-refractivity contribution in [2.45, 2.75) is 115 Å². The number of hydrogen-bond donors (Lipinski definition) is 4. The Morgan fingerprint density at radius 2 is 1.18 bits per heavy atom. The van der Waals surface area contributed by atoms with Gasteiger partial charge in [0.25, 0.3) is 0 Å². The van der Waals surface area contributed by atoms with E-state index in [1.165, 1.54) is 23.8 Å². The first-order valence-corrected chi connectivity index (χ1v) is 27.4. The van der Waals surface area contributed by atoms with E-state index in [2.05, 4.69) is 64.9 Å². The molecule has 0 amide bonds. The Labute approximate surface area is 439 Å². The number of thioether (sulfide) groups is 2. The average molecular weight is 1190 g/mol. The quantitative estimate of drug-likeness (QED) is 0.109. The van der Waals surface area contributed by atoms with E-state index >= 15 is 0 Å². The number of nitrogens with two attached hydrogens (primary N) is 3. The van der Waals surface area contributed by atoms with Gasteiger partial charge in [-0.2, -0.15) is 24.4 Å². The predicted octanol–water partition coefficient (Wildman–Crippen LogP) is 13.1. The lowest BCUT2D eigenvalue weighted by Crippen LogP contribution is -2.45. The van der Waals surface area contributed by atoms with Gasteiger partial charge in [0.15, 0.2) is 5.17 Å². The van der Waals surface area contributed by atoms with Crippen molar-refractivity contribution in [3.63, 3.8) is 0 Å². The molecule has 0 radical (unpaired) electrons. The van der Waals surface area contributed by atoms with Crippen molar-refractivity contribution in [3.8, 4) is 5.75 Å². The zero-order valence-electron chi connectivity index (χ0n) is 39.2. The largest absolute Gasteiger partial charge is 0.497 e. The summed E-state index contributed by atoms with van der Waals surface area (Å²) in [4.78, 5) is 4.59. The molecule has 8 nitrogen and oxygen atoms in total. The molecule has 3 unspecified atom stereocenters. The highest BCUT2D eigenvalue weighted by Gasteiger charge is 2.47. The first kappa shape index (κ1) is 55.5. The van der Waals surface area contributed by atoms with Crippen molar-refractivity contribution in [1.82, 2.24) is 0 Å². The predicted molar refractivity (Wildman–Crippen MR) is 287 cm³/mol. The molecule has 3 atom stereocenters. The van der Waals surface area contributed by atoms with E-state index in [1.807, 2.05) is 50.7 Å². The number of methoxy groups -OCH3 is 1. The average Bonchev–Trinajstić information content (AvgIpc) is 3.28. The normalized spacial score (nSPS) is 22.5. The second kappa shape index (κ2) is 23.8. The zero-order chi connectivity index (χ0) is 49.4. The molecule has 4 aliphatic heterocycles. The Balaban J connectivity index is 0.000000172. The molecule has 4 aromatic rings. The van der Waals surface area contributed by atoms with Gasteiger partial charge in [-0.25, -0.2) is 13.2 Å². The summed E-state index contributed by atoms with van der Waals surface area (Å²) in [6.07, 6.45) is 7.47. The first-order valence-electron chi connectivity index (χ1n) is 22.8. The van der Waals surface area contributed by atoms with Crippen LogP contribution < -0.4 is 21.9 Å². The van der Waals surface area contributed by atoms with Gasteiger partial charge in [-0.15, -0.1) is 0 Å². The fourth-order valence-corrected chi connectivity index (χ4v) is 14.2. The van der Waals surface area contributed by atoms with Gasteiger partial charge in [0.2, 0.25) is 0 Å². The van der Waals surface area contributed by atoms with Crippen LogP contribution in [0.2, 0.25) is 0 Å². The number of rotatable bonds is 11. The number of hydrogen-bond acceptors (Lipinski definition) is 11. The van der Waals surface area contributed by atoms with Gasteiger partial charge >= 0.3 is 0 Å². The second-order valence-corrected chi connectivity index (χ2v) is 25.8. The molecular formula is C51H64Br3F3N4O4S3. The molecule has 4 aliphatic rings. The minimum Gasteiger partial charge on any atom is -0.497 e. The van der Waals surface area contributed by atoms with Crippen LogP contribution in [0, 0.1) is 17.5 Å². The Morgan fingerprint density at radius 1 is 0.706 bits per heavy atom. The first-order chi connectivity index (χ1) is 32.1. The van der Waals surface area contributed by atoms with Gasteiger partial charge in [-0.05, 0) is 151 Å². The lowest BCUT2D eigenvalue weighted by molar-refractivity contribution is 0.0689. The Bertz CT molecular complexity index is 2350. The maximum absolute atomic E-state index is 14.5. The fourth-order valence-electron chi connectivity index (χ4n) is 9.69. The number of amidine groups is 1. The highest BCUT2D eigenvalue weighted by Crippen LogP contribution is 2.51. The third kappa shape index (κ3) is 14.9. The van der Waals surface area contributed by atoms with Gasteiger partial charge < -0.3 is 36.1 Å². The summed E-state index contributed by atoms with van der Waals surface area (Å²) < 4.78 is 66.8. The van der Waals surface area contributed by atoms with E-state index in [4.69, 9.17) is 48.8 Å². The third-order valence-electron chi connectivity index (χ3n) is 13.3. The van der Waals surface area contributed by atoms with Crippen LogP contribution >= 0.6 is 83.9 Å². The van der Waals surface area contributed by atoms with Crippen LogP contribution in [-0.2, 0) is 36.6 Å². The summed E-state index contributed by atoms with van der Waals surface area (Å²) in [5.41, 5.74) is 19.9. The van der Waals surface area contributed by atoms with Crippen LogP contribution in [0.5, 0.6) is 5.75 Å². The van der Waals surface area contributed by atoms with Crippen molar-refractivity contribution in [3.05, 3.63) is 132 Å². The molecule has 372 valence electrons. The van der Waals surface area contributed by atoms with Gasteiger partial charge in [-0.1, -0.05) is 71.7 Å². The van der Waals surface area contributed by atoms with Crippen molar-refractivity contribution >= 4 is 89.1 Å². The molecule has 17 heteroatoms. The van der Waals surface area contributed by atoms with E-state index in [0.29, 0.717) is 61.1 Å². The second-order valence-electron chi connectivity index (χ2n) is 19.1. The van der Waals surface area contributed by atoms with Crippen molar-refractivity contribution in [2.24, 2.45) is 22.2 Å². The zero-order valence-corrected chi connectivity index (χ0v) is 46.4. The molecule has 0 aliphatic carbocycles. The maximum Gasteiger partial charge on any atom is 0.155 e. The highest BCUT2D eigenvalue weighted by molar-refractivity contribution is 9.11. The SMILES string of the molecule is CC(N)(CC1(S)CCOCC1)c1cc(Br)ccc1F.CC1(c2cc(Br)ccc2F)CC2(CCOCC2)SC(N)=N1.COc1ccc(CSC2(CC(C)(N)c3cc(Br)ccc3F)CCOCC2)cc1. The molecular weight excluding hydrogens is 1130 g/mol. The molecule has 68 heavy (non-hydrogen) atoms. The molecule has 4 heterocycles. The van der Waals surface area contributed by atoms with Crippen molar-refractivity contribution in [2.75, 3.05) is 46.8 Å². The molecule has 1 spiro atoms. The number of halogens is 6. The van der Waals surface area contributed by atoms with E-state index in [1.54, 1.807) is 49.2 Å². The number of benzene rings is 4. The third-order valence-corrected chi connectivity index (χ3v) is 18.3. The summed E-state index contributed by atoms with van der Waals surface area (Å²) in [5, 5.41) is 0.546. The number of nitrogens with zero attached hydrogens (tertiary/aromatic N) is 1. The van der Waals surface area contributed by atoms with Crippen LogP contribution in [-0.4, -0.2) is 66.2 Å². The standard InChI is InChI=1S/C22H27BrFNO2S.C15H18BrFN2OS.C14H19BrFNOS/c1-21(25,19-13-17(23)5-8-20(19)24)15-22(9-11-27-12-10-22)28-14-16-3-6-18(26-2)7-4-16;1-14(11-8-10(16)2-3-12(11)17)9-15(21-13(18)19-14)4-6-20-7-5-15;1-13(17,9-14(19)4-6-18-7-5-14)11-8-10(15)2-3-12(11)16/h3-8,13H,9-12,14-15,25H2,1-2H3;2-3,8H,4-7,9H2,1H3,(H2,18,19);2-3,8,19H,4-7,9,17H2,1H3. The monoisotopic (exact) mass is 1190 g/mol. The maximum atomic E-state index is 14.5.